The van der Waals surface area contributed by atoms with Crippen LogP contribution in [-0.4, -0.2) is 54.1 Å². The van der Waals surface area contributed by atoms with Gasteiger partial charge in [-0.25, -0.2) is 9.67 Å². The zero-order valence-corrected chi connectivity index (χ0v) is 18.7. The number of hydrogen-bond acceptors (Lipinski definition) is 5. The summed E-state index contributed by atoms with van der Waals surface area (Å²) < 4.78 is 12.9. The first kappa shape index (κ1) is 22.1. The van der Waals surface area contributed by atoms with E-state index in [-0.39, 0.29) is 11.5 Å². The van der Waals surface area contributed by atoms with Gasteiger partial charge in [0.2, 0.25) is 0 Å². The highest BCUT2D eigenvalue weighted by Gasteiger charge is 2.22. The minimum Gasteiger partial charge on any atom is -0.492 e. The largest absolute Gasteiger partial charge is 0.492 e. The summed E-state index contributed by atoms with van der Waals surface area (Å²) >= 11 is 0. The third kappa shape index (κ3) is 5.95. The monoisotopic (exact) mass is 414 g/mol. The number of ether oxygens (including phenoxy) is 2. The maximum Gasteiger partial charge on any atom is 0.191 e. The van der Waals surface area contributed by atoms with E-state index >= 15 is 0 Å². The van der Waals surface area contributed by atoms with Gasteiger partial charge in [-0.15, -0.1) is 0 Å². The standard InChI is InChI=1S/C22H34N6O2/c1-22(2,3)16-6-9-18(10-7-16)30-13-12-24-21(23-4)25-17-8-11-20-26-19(15-29-5)27-28(20)14-17/h6-7,9-10,17H,8,11-15H2,1-5H3,(H2,23,24,25). The van der Waals surface area contributed by atoms with Crippen LogP contribution in [0.15, 0.2) is 29.3 Å². The van der Waals surface area contributed by atoms with Gasteiger partial charge < -0.3 is 20.1 Å². The van der Waals surface area contributed by atoms with Crippen molar-refractivity contribution in [1.82, 2.24) is 25.4 Å². The predicted octanol–water partition coefficient (Wildman–Crippen LogP) is 2.28. The van der Waals surface area contributed by atoms with Crippen molar-refractivity contribution in [1.29, 1.82) is 0 Å². The molecule has 2 heterocycles. The summed E-state index contributed by atoms with van der Waals surface area (Å²) in [6.45, 7) is 9.07. The van der Waals surface area contributed by atoms with Crippen LogP contribution in [0.2, 0.25) is 0 Å². The van der Waals surface area contributed by atoms with Gasteiger partial charge in [-0.2, -0.15) is 5.10 Å². The van der Waals surface area contributed by atoms with Crippen molar-refractivity contribution in [2.75, 3.05) is 27.3 Å². The molecule has 0 fully saturated rings. The van der Waals surface area contributed by atoms with Crippen LogP contribution in [0.1, 0.15) is 44.4 Å². The molecule has 1 aliphatic heterocycles. The van der Waals surface area contributed by atoms with Gasteiger partial charge in [0, 0.05) is 26.6 Å². The number of hydrogen-bond donors (Lipinski definition) is 2. The number of aromatic nitrogens is 3. The van der Waals surface area contributed by atoms with Crippen molar-refractivity contribution in [3.05, 3.63) is 41.5 Å². The van der Waals surface area contributed by atoms with Crippen LogP contribution in [0.3, 0.4) is 0 Å². The average Bonchev–Trinajstić information content (AvgIpc) is 3.12. The predicted molar refractivity (Wildman–Crippen MR) is 118 cm³/mol. The molecule has 0 radical (unpaired) electrons. The van der Waals surface area contributed by atoms with Crippen LogP contribution in [0.25, 0.3) is 0 Å². The molecule has 1 unspecified atom stereocenters. The molecule has 3 rings (SSSR count). The number of fused-ring (bicyclic) bond motifs is 1. The lowest BCUT2D eigenvalue weighted by atomic mass is 9.87. The van der Waals surface area contributed by atoms with Crippen molar-refractivity contribution < 1.29 is 9.47 Å². The Morgan fingerprint density at radius 2 is 2.03 bits per heavy atom. The molecule has 30 heavy (non-hydrogen) atoms. The van der Waals surface area contributed by atoms with Gasteiger partial charge in [0.1, 0.15) is 24.8 Å². The topological polar surface area (TPSA) is 85.6 Å². The molecule has 2 aromatic rings. The molecular formula is C22H34N6O2. The van der Waals surface area contributed by atoms with E-state index in [0.29, 0.717) is 19.8 Å². The molecular weight excluding hydrogens is 380 g/mol. The van der Waals surface area contributed by atoms with E-state index < -0.39 is 0 Å². The van der Waals surface area contributed by atoms with E-state index in [1.165, 1.54) is 5.56 Å². The fraction of sp³-hybridized carbons (Fsp3) is 0.591. The third-order valence-electron chi connectivity index (χ3n) is 5.12. The summed E-state index contributed by atoms with van der Waals surface area (Å²) in [5.74, 6) is 3.41. The van der Waals surface area contributed by atoms with Gasteiger partial charge >= 0.3 is 0 Å². The molecule has 0 saturated heterocycles. The Hall–Kier alpha value is -2.61. The minimum absolute atomic E-state index is 0.149. The molecule has 0 amide bonds. The zero-order chi connectivity index (χ0) is 21.6. The minimum atomic E-state index is 0.149. The Morgan fingerprint density at radius 1 is 1.27 bits per heavy atom. The van der Waals surface area contributed by atoms with Crippen molar-refractivity contribution >= 4 is 5.96 Å². The van der Waals surface area contributed by atoms with Gasteiger partial charge in [-0.05, 0) is 29.5 Å². The first-order valence-corrected chi connectivity index (χ1v) is 10.5. The van der Waals surface area contributed by atoms with Crippen molar-refractivity contribution in [3.8, 4) is 5.75 Å². The van der Waals surface area contributed by atoms with Crippen LogP contribution < -0.4 is 15.4 Å². The van der Waals surface area contributed by atoms with Crippen molar-refractivity contribution in [2.45, 2.75) is 58.2 Å². The van der Waals surface area contributed by atoms with Gasteiger partial charge in [0.05, 0.1) is 13.1 Å². The maximum atomic E-state index is 5.85. The summed E-state index contributed by atoms with van der Waals surface area (Å²) in [5, 5.41) is 11.3. The molecule has 8 nitrogen and oxygen atoms in total. The number of guanidine groups is 1. The molecule has 0 aliphatic carbocycles. The summed E-state index contributed by atoms with van der Waals surface area (Å²) in [6.07, 6.45) is 1.88. The lowest BCUT2D eigenvalue weighted by molar-refractivity contribution is 0.177. The number of rotatable bonds is 7. The molecule has 0 saturated carbocycles. The van der Waals surface area contributed by atoms with Gasteiger partial charge in [-0.1, -0.05) is 32.9 Å². The molecule has 1 aromatic carbocycles. The van der Waals surface area contributed by atoms with E-state index in [1.807, 2.05) is 16.8 Å². The highest BCUT2D eigenvalue weighted by molar-refractivity contribution is 5.79. The summed E-state index contributed by atoms with van der Waals surface area (Å²) in [7, 11) is 3.44. The Morgan fingerprint density at radius 3 is 2.70 bits per heavy atom. The van der Waals surface area contributed by atoms with E-state index in [9.17, 15) is 0 Å². The Labute approximate surface area is 179 Å². The van der Waals surface area contributed by atoms with E-state index in [4.69, 9.17) is 9.47 Å². The van der Waals surface area contributed by atoms with Crippen LogP contribution in [0.4, 0.5) is 0 Å². The smallest absolute Gasteiger partial charge is 0.191 e. The highest BCUT2D eigenvalue weighted by atomic mass is 16.5. The highest BCUT2D eigenvalue weighted by Crippen LogP contribution is 2.24. The Kier molecular flexibility index (Phi) is 7.31. The fourth-order valence-corrected chi connectivity index (χ4v) is 3.45. The van der Waals surface area contributed by atoms with Gasteiger partial charge in [0.15, 0.2) is 11.8 Å². The molecule has 8 heteroatoms. The molecule has 0 spiro atoms. The second kappa shape index (κ2) is 9.93. The normalized spacial score (nSPS) is 16.8. The van der Waals surface area contributed by atoms with Crippen LogP contribution >= 0.6 is 0 Å². The molecule has 1 atom stereocenters. The summed E-state index contributed by atoms with van der Waals surface area (Å²) in [4.78, 5) is 8.85. The fourth-order valence-electron chi connectivity index (χ4n) is 3.45. The summed E-state index contributed by atoms with van der Waals surface area (Å²) in [5.41, 5.74) is 1.45. The number of nitrogens with zero attached hydrogens (tertiary/aromatic N) is 4. The molecule has 1 aromatic heterocycles. The van der Waals surface area contributed by atoms with Crippen LogP contribution in [-0.2, 0) is 29.7 Å². The number of aliphatic imine (C=N–C) groups is 1. The van der Waals surface area contributed by atoms with Crippen LogP contribution in [0, 0.1) is 0 Å². The Bertz CT molecular complexity index is 838. The average molecular weight is 415 g/mol. The van der Waals surface area contributed by atoms with Gasteiger partial charge in [-0.3, -0.25) is 4.99 Å². The quantitative estimate of drug-likeness (QED) is 0.411. The lowest BCUT2D eigenvalue weighted by Gasteiger charge is -2.25. The molecule has 1 aliphatic rings. The Balaban J connectivity index is 1.42. The first-order valence-electron chi connectivity index (χ1n) is 10.5. The SMILES string of the molecule is CN=C(NCCOc1ccc(C(C)(C)C)cc1)NC1CCc2nc(COC)nn2C1. The molecule has 0 bridgehead atoms. The van der Waals surface area contributed by atoms with E-state index in [1.54, 1.807) is 14.2 Å². The number of methoxy groups -OCH3 is 1. The second-order valence-electron chi connectivity index (χ2n) is 8.56. The number of benzene rings is 1. The maximum absolute atomic E-state index is 5.85. The van der Waals surface area contributed by atoms with Gasteiger partial charge in [0.25, 0.3) is 0 Å². The zero-order valence-electron chi connectivity index (χ0n) is 18.7. The van der Waals surface area contributed by atoms with E-state index in [2.05, 4.69) is 58.6 Å². The van der Waals surface area contributed by atoms with Crippen LogP contribution in [0.5, 0.6) is 5.75 Å². The third-order valence-corrected chi connectivity index (χ3v) is 5.12. The lowest BCUT2D eigenvalue weighted by Crippen LogP contribution is -2.47. The molecule has 2 N–H and O–H groups in total. The van der Waals surface area contributed by atoms with Crippen molar-refractivity contribution in [2.24, 2.45) is 4.99 Å². The molecule has 164 valence electrons. The second-order valence-corrected chi connectivity index (χ2v) is 8.56. The number of nitrogens with one attached hydrogen (secondary N) is 2. The first-order chi connectivity index (χ1) is 14.4. The number of aryl methyl sites for hydroxylation is 1. The van der Waals surface area contributed by atoms with E-state index in [0.717, 1.165) is 42.7 Å². The summed E-state index contributed by atoms with van der Waals surface area (Å²) in [6, 6.07) is 8.57. The van der Waals surface area contributed by atoms with Crippen molar-refractivity contribution in [3.63, 3.8) is 0 Å².